The molecule has 1 heterocycles. The second-order valence-electron chi connectivity index (χ2n) is 4.72. The van der Waals surface area contributed by atoms with Gasteiger partial charge in [-0.1, -0.05) is 46.1 Å². The molecule has 0 spiro atoms. The zero-order chi connectivity index (χ0) is 11.8. The Bertz CT molecular complexity index is 293. The summed E-state index contributed by atoms with van der Waals surface area (Å²) >= 11 is 0. The minimum atomic E-state index is 0.589. The van der Waals surface area contributed by atoms with Crippen LogP contribution in [0, 0.1) is 5.92 Å². The second-order valence-corrected chi connectivity index (χ2v) is 4.72. The zero-order valence-corrected chi connectivity index (χ0v) is 10.8. The Labute approximate surface area is 99.6 Å². The minimum Gasteiger partial charge on any atom is -0.465 e. The van der Waals surface area contributed by atoms with Crippen LogP contribution in [0.15, 0.2) is 28.9 Å². The van der Waals surface area contributed by atoms with Gasteiger partial charge in [0, 0.05) is 0 Å². The molecular formula is C15H24O. The number of allylic oxidation sites excluding steroid dienone is 2. The van der Waals surface area contributed by atoms with Crippen molar-refractivity contribution < 1.29 is 4.42 Å². The van der Waals surface area contributed by atoms with E-state index in [-0.39, 0.29) is 0 Å². The van der Waals surface area contributed by atoms with Crippen LogP contribution in [0.25, 0.3) is 5.57 Å². The topological polar surface area (TPSA) is 13.1 Å². The fraction of sp³-hybridized carbons (Fsp3) is 0.600. The smallest absolute Gasteiger partial charge is 0.129 e. The molecule has 1 heteroatoms. The first kappa shape index (κ1) is 13.1. The highest BCUT2D eigenvalue weighted by atomic mass is 16.3. The molecule has 0 aliphatic heterocycles. The largest absolute Gasteiger partial charge is 0.465 e. The van der Waals surface area contributed by atoms with Crippen LogP contribution >= 0.6 is 0 Å². The van der Waals surface area contributed by atoms with Crippen LogP contribution in [-0.4, -0.2) is 0 Å². The molecule has 90 valence electrons. The van der Waals surface area contributed by atoms with Gasteiger partial charge in [-0.25, -0.2) is 0 Å². The molecule has 1 aromatic heterocycles. The highest BCUT2D eigenvalue weighted by molar-refractivity contribution is 5.61. The van der Waals surface area contributed by atoms with Crippen molar-refractivity contribution in [2.24, 2.45) is 5.92 Å². The zero-order valence-electron chi connectivity index (χ0n) is 10.8. The molecule has 0 amide bonds. The summed E-state index contributed by atoms with van der Waals surface area (Å²) in [6.45, 7) is 6.68. The Balaban J connectivity index is 2.53. The number of hydrogen-bond donors (Lipinski definition) is 0. The Hall–Kier alpha value is -0.980. The summed E-state index contributed by atoms with van der Waals surface area (Å²) in [6.07, 6.45) is 10.5. The van der Waals surface area contributed by atoms with Crippen LogP contribution in [0.1, 0.15) is 58.6 Å². The van der Waals surface area contributed by atoms with Crippen LogP contribution in [0.5, 0.6) is 0 Å². The fourth-order valence-corrected chi connectivity index (χ4v) is 1.89. The van der Waals surface area contributed by atoms with E-state index in [1.165, 1.54) is 31.3 Å². The molecule has 1 nitrogen and oxygen atoms in total. The normalized spacial score (nSPS) is 12.4. The average molecular weight is 220 g/mol. The average Bonchev–Trinajstić information content (AvgIpc) is 2.75. The van der Waals surface area contributed by atoms with Crippen molar-refractivity contribution in [3.05, 3.63) is 30.2 Å². The maximum atomic E-state index is 5.49. The molecule has 1 rings (SSSR count). The van der Waals surface area contributed by atoms with Gasteiger partial charge in [-0.2, -0.15) is 0 Å². The maximum Gasteiger partial charge on any atom is 0.129 e. The maximum absolute atomic E-state index is 5.49. The molecule has 0 bridgehead atoms. The second kappa shape index (κ2) is 7.32. The van der Waals surface area contributed by atoms with Crippen molar-refractivity contribution in [2.75, 3.05) is 0 Å². The van der Waals surface area contributed by atoms with E-state index >= 15 is 0 Å². The van der Waals surface area contributed by atoms with E-state index in [1.807, 2.05) is 6.07 Å². The van der Waals surface area contributed by atoms with E-state index in [0.717, 1.165) is 12.2 Å². The van der Waals surface area contributed by atoms with Crippen LogP contribution in [0.4, 0.5) is 0 Å². The molecular weight excluding hydrogens is 196 g/mol. The van der Waals surface area contributed by atoms with Gasteiger partial charge in [-0.3, -0.25) is 0 Å². The van der Waals surface area contributed by atoms with Crippen molar-refractivity contribution in [1.29, 1.82) is 0 Å². The van der Waals surface area contributed by atoms with Gasteiger partial charge >= 0.3 is 0 Å². The van der Waals surface area contributed by atoms with Gasteiger partial charge < -0.3 is 4.42 Å². The monoisotopic (exact) mass is 220 g/mol. The van der Waals surface area contributed by atoms with E-state index in [0.29, 0.717) is 5.92 Å². The summed E-state index contributed by atoms with van der Waals surface area (Å²) in [4.78, 5) is 0. The summed E-state index contributed by atoms with van der Waals surface area (Å²) in [5, 5.41) is 0. The van der Waals surface area contributed by atoms with Crippen LogP contribution in [-0.2, 0) is 0 Å². The molecule has 0 unspecified atom stereocenters. The standard InChI is InChI=1S/C15H24O/c1-4-5-6-7-9-14(12-13(2)3)15-10-8-11-16-15/h8,10-13H,4-7,9H2,1-3H3/b14-12+. The lowest BCUT2D eigenvalue weighted by atomic mass is 10.0. The first-order valence-corrected chi connectivity index (χ1v) is 6.48. The summed E-state index contributed by atoms with van der Waals surface area (Å²) in [7, 11) is 0. The lowest BCUT2D eigenvalue weighted by Crippen LogP contribution is -1.88. The Kier molecular flexibility index (Phi) is 5.99. The lowest BCUT2D eigenvalue weighted by Gasteiger charge is -2.06. The van der Waals surface area contributed by atoms with Crippen molar-refractivity contribution in [3.63, 3.8) is 0 Å². The minimum absolute atomic E-state index is 0.589. The van der Waals surface area contributed by atoms with E-state index in [9.17, 15) is 0 Å². The summed E-state index contributed by atoms with van der Waals surface area (Å²) in [5.41, 5.74) is 1.37. The van der Waals surface area contributed by atoms with Crippen molar-refractivity contribution in [2.45, 2.75) is 52.9 Å². The third kappa shape index (κ3) is 4.69. The van der Waals surface area contributed by atoms with Gasteiger partial charge in [0.1, 0.15) is 5.76 Å². The van der Waals surface area contributed by atoms with Crippen LogP contribution < -0.4 is 0 Å². The third-order valence-electron chi connectivity index (χ3n) is 2.67. The SMILES string of the molecule is CCCCCC/C(=C\C(C)C)c1ccco1. The predicted molar refractivity (Wildman–Crippen MR) is 70.3 cm³/mol. The molecule has 1 aromatic rings. The molecule has 0 aliphatic carbocycles. The molecule has 0 atom stereocenters. The summed E-state index contributed by atoms with van der Waals surface area (Å²) < 4.78 is 5.49. The Morgan fingerprint density at radius 3 is 2.69 bits per heavy atom. The van der Waals surface area contributed by atoms with E-state index in [4.69, 9.17) is 4.42 Å². The number of furan rings is 1. The van der Waals surface area contributed by atoms with Gasteiger partial charge in [0.15, 0.2) is 0 Å². The quantitative estimate of drug-likeness (QED) is 0.569. The summed E-state index contributed by atoms with van der Waals surface area (Å²) in [6, 6.07) is 4.03. The van der Waals surface area contributed by atoms with E-state index < -0.39 is 0 Å². The molecule has 0 radical (unpaired) electrons. The van der Waals surface area contributed by atoms with Crippen LogP contribution in [0.3, 0.4) is 0 Å². The molecule has 16 heavy (non-hydrogen) atoms. The molecule has 0 aromatic carbocycles. The molecule has 0 saturated heterocycles. The molecule has 0 fully saturated rings. The highest BCUT2D eigenvalue weighted by Crippen LogP contribution is 2.23. The number of rotatable bonds is 7. The number of hydrogen-bond acceptors (Lipinski definition) is 1. The summed E-state index contributed by atoms with van der Waals surface area (Å²) in [5.74, 6) is 1.64. The van der Waals surface area contributed by atoms with Crippen LogP contribution in [0.2, 0.25) is 0 Å². The molecule has 0 N–H and O–H groups in total. The van der Waals surface area contributed by atoms with Gasteiger partial charge in [0.05, 0.1) is 6.26 Å². The van der Waals surface area contributed by atoms with Gasteiger partial charge in [-0.15, -0.1) is 0 Å². The van der Waals surface area contributed by atoms with E-state index in [2.05, 4.69) is 32.9 Å². The van der Waals surface area contributed by atoms with Gasteiger partial charge in [0.2, 0.25) is 0 Å². The predicted octanol–water partition coefficient (Wildman–Crippen LogP) is 5.29. The lowest BCUT2D eigenvalue weighted by molar-refractivity contribution is 0.546. The van der Waals surface area contributed by atoms with Gasteiger partial charge in [0.25, 0.3) is 0 Å². The number of unbranched alkanes of at least 4 members (excludes halogenated alkanes) is 3. The molecule has 0 aliphatic rings. The Morgan fingerprint density at radius 1 is 1.31 bits per heavy atom. The Morgan fingerprint density at radius 2 is 2.12 bits per heavy atom. The third-order valence-corrected chi connectivity index (χ3v) is 2.67. The van der Waals surface area contributed by atoms with Crippen molar-refractivity contribution in [3.8, 4) is 0 Å². The van der Waals surface area contributed by atoms with Crippen molar-refractivity contribution in [1.82, 2.24) is 0 Å². The van der Waals surface area contributed by atoms with Gasteiger partial charge in [-0.05, 0) is 36.5 Å². The molecule has 0 saturated carbocycles. The first-order chi connectivity index (χ1) is 7.74. The van der Waals surface area contributed by atoms with Crippen molar-refractivity contribution >= 4 is 5.57 Å². The first-order valence-electron chi connectivity index (χ1n) is 6.48. The fourth-order valence-electron chi connectivity index (χ4n) is 1.89. The van der Waals surface area contributed by atoms with E-state index in [1.54, 1.807) is 6.26 Å². The highest BCUT2D eigenvalue weighted by Gasteiger charge is 2.05.